The van der Waals surface area contributed by atoms with Crippen molar-refractivity contribution in [2.75, 3.05) is 0 Å². The molecule has 0 unspecified atom stereocenters. The second-order valence-electron chi connectivity index (χ2n) is 4.15. The Morgan fingerprint density at radius 1 is 1.12 bits per heavy atom. The lowest BCUT2D eigenvalue weighted by atomic mass is 10.2. The van der Waals surface area contributed by atoms with Crippen molar-refractivity contribution in [3.05, 3.63) is 29.8 Å². The Bertz CT molecular complexity index is 341. The average Bonchev–Trinajstić information content (AvgIpc) is 2.16. The van der Waals surface area contributed by atoms with E-state index in [4.69, 9.17) is 4.74 Å². The molecule has 0 aromatic heterocycles. The van der Waals surface area contributed by atoms with Crippen LogP contribution in [0.2, 0.25) is 0 Å². The molecule has 0 fully saturated rings. The summed E-state index contributed by atoms with van der Waals surface area (Å²) in [7, 11) is 0. The van der Waals surface area contributed by atoms with Crippen molar-refractivity contribution < 1.29 is 9.53 Å². The van der Waals surface area contributed by atoms with Crippen LogP contribution < -0.4 is 0 Å². The molecule has 0 N–H and O–H groups in total. The summed E-state index contributed by atoms with van der Waals surface area (Å²) in [4.78, 5) is 12.7. The Morgan fingerprint density at radius 3 is 2.12 bits per heavy atom. The zero-order valence-corrected chi connectivity index (χ0v) is 11.0. The van der Waals surface area contributed by atoms with Gasteiger partial charge in [-0.1, -0.05) is 13.8 Å². The van der Waals surface area contributed by atoms with E-state index in [0.29, 0.717) is 10.8 Å². The maximum Gasteiger partial charge on any atom is 0.338 e. The Labute approximate surface area is 101 Å². The van der Waals surface area contributed by atoms with E-state index in [-0.39, 0.29) is 12.1 Å². The molecule has 0 aliphatic carbocycles. The fourth-order valence-corrected chi connectivity index (χ4v) is 2.06. The average molecular weight is 238 g/mol. The van der Waals surface area contributed by atoms with Crippen LogP contribution in [-0.2, 0) is 4.74 Å². The van der Waals surface area contributed by atoms with Crippen LogP contribution >= 0.6 is 11.8 Å². The number of rotatable bonds is 4. The summed E-state index contributed by atoms with van der Waals surface area (Å²) in [5.74, 6) is -0.254. The predicted molar refractivity (Wildman–Crippen MR) is 68.0 cm³/mol. The minimum atomic E-state index is -0.254. The third-order valence-electron chi connectivity index (χ3n) is 1.80. The maximum absolute atomic E-state index is 11.6. The molecule has 88 valence electrons. The van der Waals surface area contributed by atoms with Crippen molar-refractivity contribution in [2.24, 2.45) is 0 Å². The molecule has 0 atom stereocenters. The highest BCUT2D eigenvalue weighted by Crippen LogP contribution is 2.23. The van der Waals surface area contributed by atoms with E-state index in [0.717, 1.165) is 0 Å². The van der Waals surface area contributed by atoms with Crippen LogP contribution in [0.25, 0.3) is 0 Å². The molecule has 0 aliphatic heterocycles. The van der Waals surface area contributed by atoms with Crippen molar-refractivity contribution in [3.63, 3.8) is 0 Å². The van der Waals surface area contributed by atoms with Crippen molar-refractivity contribution in [1.82, 2.24) is 0 Å². The number of hydrogen-bond donors (Lipinski definition) is 0. The number of benzene rings is 1. The van der Waals surface area contributed by atoms with Gasteiger partial charge in [0.05, 0.1) is 11.7 Å². The van der Waals surface area contributed by atoms with Gasteiger partial charge in [-0.2, -0.15) is 0 Å². The first-order valence-electron chi connectivity index (χ1n) is 5.46. The molecule has 3 heteroatoms. The summed E-state index contributed by atoms with van der Waals surface area (Å²) in [5, 5.41) is 0.550. The van der Waals surface area contributed by atoms with Crippen molar-refractivity contribution in [1.29, 1.82) is 0 Å². The predicted octanol–water partition coefficient (Wildman–Crippen LogP) is 3.75. The number of hydrogen-bond acceptors (Lipinski definition) is 3. The highest BCUT2D eigenvalue weighted by atomic mass is 32.2. The molecular weight excluding hydrogens is 220 g/mol. The minimum absolute atomic E-state index is 0.0720. The molecule has 0 aliphatic rings. The molecule has 0 amide bonds. The number of ether oxygens (including phenoxy) is 1. The standard InChI is InChI=1S/C13H18O2S/c1-9(2)15-13(14)11-5-7-12(8-6-11)16-10(3)4/h5-10H,1-4H3. The summed E-state index contributed by atoms with van der Waals surface area (Å²) < 4.78 is 5.11. The molecule has 0 saturated carbocycles. The lowest BCUT2D eigenvalue weighted by molar-refractivity contribution is 0.0378. The van der Waals surface area contributed by atoms with E-state index < -0.39 is 0 Å². The van der Waals surface area contributed by atoms with Gasteiger partial charge in [0.15, 0.2) is 0 Å². The zero-order chi connectivity index (χ0) is 12.1. The monoisotopic (exact) mass is 238 g/mol. The minimum Gasteiger partial charge on any atom is -0.459 e. The van der Waals surface area contributed by atoms with Crippen molar-refractivity contribution in [2.45, 2.75) is 43.9 Å². The van der Waals surface area contributed by atoms with Gasteiger partial charge in [0.25, 0.3) is 0 Å². The van der Waals surface area contributed by atoms with Crippen LogP contribution in [0.15, 0.2) is 29.2 Å². The first-order chi connectivity index (χ1) is 7.49. The van der Waals surface area contributed by atoms with Gasteiger partial charge in [-0.15, -0.1) is 11.8 Å². The normalized spacial score (nSPS) is 10.9. The number of carbonyl (C=O) groups is 1. The van der Waals surface area contributed by atoms with Crippen molar-refractivity contribution >= 4 is 17.7 Å². The van der Waals surface area contributed by atoms with Gasteiger partial charge in [0.1, 0.15) is 0 Å². The van der Waals surface area contributed by atoms with Crippen LogP contribution in [-0.4, -0.2) is 17.3 Å². The van der Waals surface area contributed by atoms with E-state index in [1.54, 1.807) is 11.8 Å². The van der Waals surface area contributed by atoms with E-state index in [1.807, 2.05) is 38.1 Å². The molecule has 16 heavy (non-hydrogen) atoms. The second-order valence-corrected chi connectivity index (χ2v) is 5.79. The lowest BCUT2D eigenvalue weighted by Crippen LogP contribution is -2.11. The largest absolute Gasteiger partial charge is 0.459 e. The zero-order valence-electron chi connectivity index (χ0n) is 10.2. The first-order valence-corrected chi connectivity index (χ1v) is 6.34. The van der Waals surface area contributed by atoms with E-state index >= 15 is 0 Å². The van der Waals surface area contributed by atoms with Crippen LogP contribution in [0.3, 0.4) is 0 Å². The van der Waals surface area contributed by atoms with Crippen molar-refractivity contribution in [3.8, 4) is 0 Å². The van der Waals surface area contributed by atoms with Gasteiger partial charge in [-0.3, -0.25) is 0 Å². The summed E-state index contributed by atoms with van der Waals surface area (Å²) in [5.41, 5.74) is 0.613. The van der Waals surface area contributed by atoms with Gasteiger partial charge < -0.3 is 4.74 Å². The molecule has 1 rings (SSSR count). The van der Waals surface area contributed by atoms with Gasteiger partial charge in [-0.25, -0.2) is 4.79 Å². The molecule has 0 radical (unpaired) electrons. The molecule has 2 nitrogen and oxygen atoms in total. The molecular formula is C13H18O2S. The smallest absolute Gasteiger partial charge is 0.338 e. The Kier molecular flexibility index (Phi) is 4.87. The summed E-state index contributed by atoms with van der Waals surface area (Å²) in [6, 6.07) is 7.55. The van der Waals surface area contributed by atoms with Crippen LogP contribution in [0, 0.1) is 0 Å². The molecule has 1 aromatic rings. The lowest BCUT2D eigenvalue weighted by Gasteiger charge is -2.08. The third kappa shape index (κ3) is 4.27. The molecule has 0 heterocycles. The molecule has 0 bridgehead atoms. The Hall–Kier alpha value is -0.960. The fourth-order valence-electron chi connectivity index (χ4n) is 1.22. The number of carbonyl (C=O) groups excluding carboxylic acids is 1. The summed E-state index contributed by atoms with van der Waals surface area (Å²) in [6.45, 7) is 7.99. The first kappa shape index (κ1) is 13.1. The SMILES string of the molecule is CC(C)OC(=O)c1ccc(SC(C)C)cc1. The summed E-state index contributed by atoms with van der Waals surface area (Å²) >= 11 is 1.78. The van der Waals surface area contributed by atoms with E-state index in [2.05, 4.69) is 13.8 Å². The number of thioether (sulfide) groups is 1. The maximum atomic E-state index is 11.6. The van der Waals surface area contributed by atoms with E-state index in [1.165, 1.54) is 4.90 Å². The van der Waals surface area contributed by atoms with Crippen LogP contribution in [0.5, 0.6) is 0 Å². The highest BCUT2D eigenvalue weighted by Gasteiger charge is 2.08. The fraction of sp³-hybridized carbons (Fsp3) is 0.462. The summed E-state index contributed by atoms with van der Waals surface area (Å²) in [6.07, 6.45) is -0.0720. The molecule has 1 aromatic carbocycles. The van der Waals surface area contributed by atoms with Gasteiger partial charge >= 0.3 is 5.97 Å². The topological polar surface area (TPSA) is 26.3 Å². The van der Waals surface area contributed by atoms with Gasteiger partial charge in [-0.05, 0) is 38.1 Å². The second kappa shape index (κ2) is 5.94. The number of esters is 1. The molecule has 0 saturated heterocycles. The van der Waals surface area contributed by atoms with Crippen LogP contribution in [0.4, 0.5) is 0 Å². The van der Waals surface area contributed by atoms with Gasteiger partial charge in [0.2, 0.25) is 0 Å². The van der Waals surface area contributed by atoms with Crippen LogP contribution in [0.1, 0.15) is 38.1 Å². The van der Waals surface area contributed by atoms with Gasteiger partial charge in [0, 0.05) is 10.1 Å². The molecule has 0 spiro atoms. The quantitative estimate of drug-likeness (QED) is 0.590. The third-order valence-corrected chi connectivity index (χ3v) is 2.82. The Morgan fingerprint density at radius 2 is 1.69 bits per heavy atom. The Balaban J connectivity index is 2.67. The highest BCUT2D eigenvalue weighted by molar-refractivity contribution is 7.99. The van der Waals surface area contributed by atoms with E-state index in [9.17, 15) is 4.79 Å².